The van der Waals surface area contributed by atoms with Crippen LogP contribution in [-0.2, 0) is 19.6 Å². The largest absolute Gasteiger partial charge is 0.434 e. The third kappa shape index (κ3) is 4.89. The fourth-order valence-corrected chi connectivity index (χ4v) is 4.38. The summed E-state index contributed by atoms with van der Waals surface area (Å²) >= 11 is 0. The molecule has 14 heteroatoms. The van der Waals surface area contributed by atoms with E-state index in [-0.39, 0.29) is 29.0 Å². The molecule has 0 unspecified atom stereocenters. The van der Waals surface area contributed by atoms with Crippen molar-refractivity contribution in [3.8, 4) is 28.7 Å². The molecule has 1 fully saturated rings. The van der Waals surface area contributed by atoms with Crippen molar-refractivity contribution in [1.82, 2.24) is 39.7 Å². The predicted molar refractivity (Wildman–Crippen MR) is 128 cm³/mol. The highest BCUT2D eigenvalue weighted by Crippen LogP contribution is 2.45. The van der Waals surface area contributed by atoms with Gasteiger partial charge in [0.2, 0.25) is 5.88 Å². The lowest BCUT2D eigenvalue weighted by Gasteiger charge is -2.12. The van der Waals surface area contributed by atoms with Crippen LogP contribution in [0.5, 0.6) is 5.88 Å². The molecule has 0 radical (unpaired) electrons. The zero-order valence-corrected chi connectivity index (χ0v) is 20.2. The number of aromatic amines is 1. The summed E-state index contributed by atoms with van der Waals surface area (Å²) < 4.78 is 71.3. The lowest BCUT2D eigenvalue weighted by Crippen LogP contribution is -2.08. The molecule has 6 rings (SSSR count). The molecule has 0 saturated heterocycles. The Hall–Kier alpha value is -4.49. The van der Waals surface area contributed by atoms with E-state index in [2.05, 4.69) is 39.9 Å². The quantitative estimate of drug-likeness (QED) is 0.278. The van der Waals surface area contributed by atoms with Gasteiger partial charge in [-0.25, -0.2) is 24.9 Å². The van der Waals surface area contributed by atoms with Crippen LogP contribution >= 0.6 is 0 Å². The van der Waals surface area contributed by atoms with E-state index < -0.39 is 18.5 Å². The second-order valence-corrected chi connectivity index (χ2v) is 9.15. The summed E-state index contributed by atoms with van der Waals surface area (Å²) in [5.41, 5.74) is 2.76. The van der Waals surface area contributed by atoms with Gasteiger partial charge in [-0.2, -0.15) is 27.1 Å². The number of hydrogen-bond donors (Lipinski definition) is 1. The van der Waals surface area contributed by atoms with E-state index >= 15 is 0 Å². The standard InChI is InChI=1S/C25H19F5N8O/c1-38-10-17(25(28,29)30)34-22(38)14-4-2-12(3-5-14)8-15-20-16(37-36-15)9-31-21(35-20)18-19(13-6-7-13)32-11-33-23(18)39-24(26)27/h2-5,9-11,13,24H,6-8H2,1H3,(H,36,37). The summed E-state index contributed by atoms with van der Waals surface area (Å²) in [5, 5.41) is 7.21. The van der Waals surface area contributed by atoms with E-state index in [0.29, 0.717) is 34.4 Å². The fraction of sp³-hybridized carbons (Fsp3) is 0.280. The number of nitrogens with one attached hydrogen (secondary N) is 1. The first-order valence-electron chi connectivity index (χ1n) is 11.9. The highest BCUT2D eigenvalue weighted by atomic mass is 19.4. The maximum absolute atomic E-state index is 13.1. The predicted octanol–water partition coefficient (Wildman–Crippen LogP) is 5.30. The molecule has 0 spiro atoms. The lowest BCUT2D eigenvalue weighted by atomic mass is 10.1. The Kier molecular flexibility index (Phi) is 5.96. The van der Waals surface area contributed by atoms with Gasteiger partial charge in [0.05, 0.1) is 17.6 Å². The molecular weight excluding hydrogens is 523 g/mol. The second kappa shape index (κ2) is 9.36. The molecular formula is C25H19F5N8O. The maximum atomic E-state index is 13.1. The van der Waals surface area contributed by atoms with Crippen LogP contribution in [-0.4, -0.2) is 46.3 Å². The molecule has 1 aromatic carbocycles. The molecule has 0 amide bonds. The summed E-state index contributed by atoms with van der Waals surface area (Å²) in [6.45, 7) is -3.08. The molecule has 39 heavy (non-hydrogen) atoms. The van der Waals surface area contributed by atoms with Crippen LogP contribution in [0.2, 0.25) is 0 Å². The van der Waals surface area contributed by atoms with Gasteiger partial charge < -0.3 is 9.30 Å². The second-order valence-electron chi connectivity index (χ2n) is 9.15. The van der Waals surface area contributed by atoms with Crippen LogP contribution in [0.4, 0.5) is 22.0 Å². The van der Waals surface area contributed by atoms with Crippen LogP contribution in [0.25, 0.3) is 33.8 Å². The van der Waals surface area contributed by atoms with Crippen LogP contribution in [0.15, 0.2) is 43.0 Å². The van der Waals surface area contributed by atoms with Crippen molar-refractivity contribution in [3.63, 3.8) is 0 Å². The molecule has 5 aromatic rings. The van der Waals surface area contributed by atoms with Crippen LogP contribution in [0.1, 0.15) is 41.4 Å². The number of imidazole rings is 1. The zero-order chi connectivity index (χ0) is 27.3. The number of aromatic nitrogens is 8. The Balaban J connectivity index is 1.32. The van der Waals surface area contributed by atoms with Crippen LogP contribution < -0.4 is 4.74 Å². The summed E-state index contributed by atoms with van der Waals surface area (Å²) in [6.07, 6.45) is 1.18. The highest BCUT2D eigenvalue weighted by molar-refractivity contribution is 5.79. The van der Waals surface area contributed by atoms with E-state index in [1.807, 2.05) is 0 Å². The first kappa shape index (κ1) is 24.8. The molecule has 0 atom stereocenters. The highest BCUT2D eigenvalue weighted by Gasteiger charge is 2.35. The van der Waals surface area contributed by atoms with E-state index in [0.717, 1.165) is 24.6 Å². The molecule has 200 valence electrons. The van der Waals surface area contributed by atoms with Crippen molar-refractivity contribution < 1.29 is 26.7 Å². The van der Waals surface area contributed by atoms with Gasteiger partial charge in [-0.05, 0) is 18.4 Å². The van der Waals surface area contributed by atoms with Gasteiger partial charge in [0, 0.05) is 31.1 Å². The lowest BCUT2D eigenvalue weighted by molar-refractivity contribution is -0.140. The SMILES string of the molecule is Cn1cc(C(F)(F)F)nc1-c1ccc(Cc2n[nH]c3cnc(-c4c(OC(F)F)ncnc4C4CC4)nc23)cc1. The number of H-pyrrole nitrogens is 1. The minimum Gasteiger partial charge on any atom is -0.416 e. The summed E-state index contributed by atoms with van der Waals surface area (Å²) in [5.74, 6) is 0.143. The Morgan fingerprint density at radius 3 is 2.51 bits per heavy atom. The number of ether oxygens (including phenoxy) is 1. The number of hydrogen-bond acceptors (Lipinski definition) is 7. The summed E-state index contributed by atoms with van der Waals surface area (Å²) in [7, 11) is 1.50. The smallest absolute Gasteiger partial charge is 0.416 e. The maximum Gasteiger partial charge on any atom is 0.434 e. The molecule has 1 aliphatic carbocycles. The van der Waals surface area contributed by atoms with E-state index in [9.17, 15) is 22.0 Å². The number of fused-ring (bicyclic) bond motifs is 1. The van der Waals surface area contributed by atoms with Gasteiger partial charge in [-0.1, -0.05) is 24.3 Å². The Bertz CT molecular complexity index is 1660. The van der Waals surface area contributed by atoms with E-state index in [1.54, 1.807) is 24.3 Å². The number of aryl methyl sites for hydroxylation is 1. The van der Waals surface area contributed by atoms with Gasteiger partial charge in [0.15, 0.2) is 11.5 Å². The number of nitrogens with zero attached hydrogens (tertiary/aromatic N) is 7. The van der Waals surface area contributed by atoms with E-state index in [1.165, 1.54) is 24.1 Å². The first-order valence-corrected chi connectivity index (χ1v) is 11.9. The number of alkyl halides is 5. The van der Waals surface area contributed by atoms with Gasteiger partial charge in [-0.3, -0.25) is 5.10 Å². The summed E-state index contributed by atoms with van der Waals surface area (Å²) in [6, 6.07) is 6.91. The van der Waals surface area contributed by atoms with Crippen molar-refractivity contribution in [2.45, 2.75) is 38.0 Å². The molecule has 1 aliphatic rings. The number of benzene rings is 1. The molecule has 0 bridgehead atoms. The van der Waals surface area contributed by atoms with Crippen LogP contribution in [0, 0.1) is 0 Å². The third-order valence-electron chi connectivity index (χ3n) is 6.35. The van der Waals surface area contributed by atoms with Gasteiger partial charge in [-0.15, -0.1) is 0 Å². The molecule has 9 nitrogen and oxygen atoms in total. The van der Waals surface area contributed by atoms with Gasteiger partial charge >= 0.3 is 12.8 Å². The van der Waals surface area contributed by atoms with Crippen LogP contribution in [0.3, 0.4) is 0 Å². The fourth-order valence-electron chi connectivity index (χ4n) is 4.38. The Morgan fingerprint density at radius 2 is 1.85 bits per heavy atom. The molecule has 1 N–H and O–H groups in total. The topological polar surface area (TPSA) is 107 Å². The van der Waals surface area contributed by atoms with Crippen molar-refractivity contribution in [2.24, 2.45) is 7.05 Å². The van der Waals surface area contributed by atoms with Gasteiger partial charge in [0.1, 0.15) is 28.7 Å². The number of rotatable bonds is 7. The molecule has 0 aliphatic heterocycles. The zero-order valence-electron chi connectivity index (χ0n) is 20.2. The normalized spacial score (nSPS) is 13.9. The van der Waals surface area contributed by atoms with Crippen molar-refractivity contribution in [3.05, 3.63) is 65.6 Å². The molecule has 4 heterocycles. The third-order valence-corrected chi connectivity index (χ3v) is 6.35. The van der Waals surface area contributed by atoms with Crippen molar-refractivity contribution in [2.75, 3.05) is 0 Å². The van der Waals surface area contributed by atoms with Gasteiger partial charge in [0.25, 0.3) is 0 Å². The van der Waals surface area contributed by atoms with Crippen molar-refractivity contribution >= 4 is 11.0 Å². The minimum atomic E-state index is -4.53. The van der Waals surface area contributed by atoms with Crippen molar-refractivity contribution in [1.29, 1.82) is 0 Å². The Labute approximate surface area is 217 Å². The monoisotopic (exact) mass is 542 g/mol. The van der Waals surface area contributed by atoms with E-state index in [4.69, 9.17) is 0 Å². The molecule has 4 aromatic heterocycles. The minimum absolute atomic E-state index is 0.0931. The average molecular weight is 542 g/mol. The Morgan fingerprint density at radius 1 is 1.08 bits per heavy atom. The summed E-state index contributed by atoms with van der Waals surface area (Å²) in [4.78, 5) is 20.8. The average Bonchev–Trinajstić information content (AvgIpc) is 3.56. The number of halogens is 5. The first-order chi connectivity index (χ1) is 18.7. The molecule has 1 saturated carbocycles.